The van der Waals surface area contributed by atoms with Crippen LogP contribution < -0.4 is 31.0 Å². The summed E-state index contributed by atoms with van der Waals surface area (Å²) in [5.41, 5.74) is -2.21. The molecular formula is C28H32B2F10N2O8. The van der Waals surface area contributed by atoms with Crippen LogP contribution in [-0.2, 0) is 9.31 Å². The molecule has 22 heteroatoms. The van der Waals surface area contributed by atoms with Crippen molar-refractivity contribution in [2.45, 2.75) is 78.3 Å². The van der Waals surface area contributed by atoms with Crippen molar-refractivity contribution in [2.24, 2.45) is 0 Å². The normalized spacial score (nSPS) is 15.4. The fourth-order valence-electron chi connectivity index (χ4n) is 4.33. The number of rotatable bonds is 10. The zero-order valence-corrected chi connectivity index (χ0v) is 27.2. The van der Waals surface area contributed by atoms with E-state index in [1.54, 1.807) is 33.0 Å². The second kappa shape index (κ2) is 16.1. The van der Waals surface area contributed by atoms with Gasteiger partial charge in [0.1, 0.15) is 24.6 Å². The molecule has 4 N–H and O–H groups in total. The topological polar surface area (TPSA) is 136 Å². The molecule has 0 spiro atoms. The predicted octanol–water partition coefficient (Wildman–Crippen LogP) is 3.76. The van der Waals surface area contributed by atoms with Gasteiger partial charge in [-0.15, -0.1) is 0 Å². The van der Waals surface area contributed by atoms with Gasteiger partial charge in [0, 0.05) is 0 Å². The highest BCUT2D eigenvalue weighted by Gasteiger charge is 2.52. The Kier molecular flexibility index (Phi) is 13.6. The average molecular weight is 736 g/mol. The number of carbonyl (C=O) groups is 2. The summed E-state index contributed by atoms with van der Waals surface area (Å²) in [5.74, 6) is -3.76. The van der Waals surface area contributed by atoms with Crippen molar-refractivity contribution < 1.29 is 82.3 Å². The summed E-state index contributed by atoms with van der Waals surface area (Å²) in [4.78, 5) is 23.9. The molecule has 10 nitrogen and oxygen atoms in total. The van der Waals surface area contributed by atoms with E-state index in [1.165, 1.54) is 25.2 Å². The number of amides is 2. The van der Waals surface area contributed by atoms with Crippen LogP contribution in [0.3, 0.4) is 0 Å². The summed E-state index contributed by atoms with van der Waals surface area (Å²) < 4.78 is 144. The Morgan fingerprint density at radius 3 is 1.50 bits per heavy atom. The molecule has 0 radical (unpaired) electrons. The van der Waals surface area contributed by atoms with Crippen molar-refractivity contribution in [1.82, 2.24) is 10.6 Å². The fraction of sp³-hybridized carbons (Fsp3) is 0.500. The van der Waals surface area contributed by atoms with Crippen LogP contribution in [0.5, 0.6) is 11.5 Å². The van der Waals surface area contributed by atoms with Crippen LogP contribution in [-0.4, -0.2) is 86.0 Å². The fourth-order valence-corrected chi connectivity index (χ4v) is 4.33. The molecule has 2 amide bonds. The van der Waals surface area contributed by atoms with Gasteiger partial charge in [0.15, 0.2) is 0 Å². The summed E-state index contributed by atoms with van der Waals surface area (Å²) in [6.45, 7) is -0.0401. The number of carbonyl (C=O) groups excluding carboxylic acids is 2. The van der Waals surface area contributed by atoms with Gasteiger partial charge in [-0.25, -0.2) is 0 Å². The van der Waals surface area contributed by atoms with Gasteiger partial charge in [0.25, 0.3) is 11.8 Å². The van der Waals surface area contributed by atoms with E-state index in [1.807, 2.05) is 0 Å². The van der Waals surface area contributed by atoms with Crippen LogP contribution in [0.15, 0.2) is 24.3 Å². The first kappa shape index (κ1) is 42.4. The first-order valence-corrected chi connectivity index (χ1v) is 14.2. The summed E-state index contributed by atoms with van der Waals surface area (Å²) in [5, 5.41) is 21.2. The molecule has 0 bridgehead atoms. The highest BCUT2D eigenvalue weighted by Crippen LogP contribution is 2.37. The molecule has 1 saturated heterocycles. The smallest absolute Gasteiger partial charge is 0.434 e. The molecule has 0 aliphatic carbocycles. The van der Waals surface area contributed by atoms with Crippen molar-refractivity contribution in [3.8, 4) is 11.5 Å². The lowest BCUT2D eigenvalue weighted by molar-refractivity contribution is -0.123. The number of benzene rings is 2. The quantitative estimate of drug-likeness (QED) is 0.214. The largest absolute Gasteiger partial charge is 0.494 e. The predicted molar refractivity (Wildman–Crippen MR) is 158 cm³/mol. The Hall–Kier alpha value is -3.75. The number of hydrogen-bond acceptors (Lipinski definition) is 8. The molecule has 1 aliphatic rings. The second-order valence-corrected chi connectivity index (χ2v) is 11.7. The first-order valence-electron chi connectivity index (χ1n) is 14.2. The van der Waals surface area contributed by atoms with Gasteiger partial charge in [-0.3, -0.25) is 9.59 Å². The van der Waals surface area contributed by atoms with Crippen LogP contribution in [0.2, 0.25) is 0 Å². The van der Waals surface area contributed by atoms with E-state index in [2.05, 4.69) is 9.47 Å². The molecular weight excluding hydrogens is 704 g/mol. The van der Waals surface area contributed by atoms with E-state index in [0.717, 1.165) is 18.2 Å². The van der Waals surface area contributed by atoms with Gasteiger partial charge in [-0.2, -0.15) is 43.9 Å². The number of hydrogen-bond donors (Lipinski definition) is 4. The molecule has 0 unspecified atom stereocenters. The molecule has 2 aromatic carbocycles. The van der Waals surface area contributed by atoms with Crippen LogP contribution >= 0.6 is 0 Å². The summed E-state index contributed by atoms with van der Waals surface area (Å²) in [7, 11) is -2.94. The van der Waals surface area contributed by atoms with Crippen molar-refractivity contribution in [3.05, 3.63) is 46.5 Å². The number of ether oxygens (including phenoxy) is 2. The summed E-state index contributed by atoms with van der Waals surface area (Å²) >= 11 is 0. The van der Waals surface area contributed by atoms with Crippen LogP contribution in [0.4, 0.5) is 43.9 Å². The maximum atomic E-state index is 12.8. The maximum Gasteiger partial charge on any atom is 0.494 e. The van der Waals surface area contributed by atoms with Crippen molar-refractivity contribution >= 4 is 37.0 Å². The highest BCUT2D eigenvalue weighted by atomic mass is 19.4. The Morgan fingerprint density at radius 1 is 0.760 bits per heavy atom. The number of halogens is 10. The number of alkyl halides is 10. The lowest BCUT2D eigenvalue weighted by Crippen LogP contribution is -2.41. The third-order valence-corrected chi connectivity index (χ3v) is 7.25. The third-order valence-electron chi connectivity index (χ3n) is 7.25. The first-order chi connectivity index (χ1) is 22.6. The monoisotopic (exact) mass is 736 g/mol. The molecule has 0 atom stereocenters. The second-order valence-electron chi connectivity index (χ2n) is 11.7. The number of nitrogens with one attached hydrogen (secondary N) is 2. The average Bonchev–Trinajstić information content (AvgIpc) is 3.15. The van der Waals surface area contributed by atoms with Crippen LogP contribution in [0.1, 0.15) is 59.5 Å². The summed E-state index contributed by atoms with van der Waals surface area (Å²) in [6, 6.07) is 4.35. The minimum absolute atomic E-state index is 0.0547. The van der Waals surface area contributed by atoms with Crippen molar-refractivity contribution in [2.75, 3.05) is 13.1 Å². The standard InChI is InChI=1S/C17H21BF5NO4.C11H11BF5NO4/c1-9-6-10(18-27-15(2,3)16(4,5)28-18)7-11(26-14(19)20)12(9)13(25)24-8-17(21,22)23;1-5-2-6(12(20)21)3-7(22-10(13)14)8(5)9(19)18-4-11(15,16)17/h6-7,14H,8H2,1-5H3,(H,24,25);2-3,10,20-21H,4H2,1H3,(H,18,19). The van der Waals surface area contributed by atoms with E-state index in [4.69, 9.17) is 19.4 Å². The lowest BCUT2D eigenvalue weighted by Gasteiger charge is -2.32. The minimum atomic E-state index is -4.67. The van der Waals surface area contributed by atoms with Crippen LogP contribution in [0, 0.1) is 13.8 Å². The van der Waals surface area contributed by atoms with E-state index < -0.39 is 98.5 Å². The molecule has 1 aliphatic heterocycles. The zero-order chi connectivity index (χ0) is 38.6. The molecule has 50 heavy (non-hydrogen) atoms. The van der Waals surface area contributed by atoms with Gasteiger partial charge in [0.2, 0.25) is 0 Å². The van der Waals surface area contributed by atoms with Crippen molar-refractivity contribution in [1.29, 1.82) is 0 Å². The van der Waals surface area contributed by atoms with E-state index in [9.17, 15) is 53.5 Å². The SMILES string of the molecule is Cc1cc(B(O)O)cc(OC(F)F)c1C(=O)NCC(F)(F)F.Cc1cc(B2OC(C)(C)C(C)(C)O2)cc(OC(F)F)c1C(=O)NCC(F)(F)F. The molecule has 0 aromatic heterocycles. The van der Waals surface area contributed by atoms with Gasteiger partial charge >= 0.3 is 39.8 Å². The van der Waals surface area contributed by atoms with Gasteiger partial charge in [-0.1, -0.05) is 12.1 Å². The van der Waals surface area contributed by atoms with Crippen LogP contribution in [0.25, 0.3) is 0 Å². The van der Waals surface area contributed by atoms with E-state index >= 15 is 0 Å². The Morgan fingerprint density at radius 2 is 1.14 bits per heavy atom. The van der Waals surface area contributed by atoms with E-state index in [0.29, 0.717) is 5.46 Å². The highest BCUT2D eigenvalue weighted by molar-refractivity contribution is 6.62. The van der Waals surface area contributed by atoms with Crippen molar-refractivity contribution in [3.63, 3.8) is 0 Å². The third kappa shape index (κ3) is 11.9. The van der Waals surface area contributed by atoms with E-state index in [-0.39, 0.29) is 16.6 Å². The molecule has 3 rings (SSSR count). The summed E-state index contributed by atoms with van der Waals surface area (Å²) in [6.07, 6.45) is -9.32. The Labute approximate surface area is 279 Å². The minimum Gasteiger partial charge on any atom is -0.434 e. The lowest BCUT2D eigenvalue weighted by atomic mass is 9.77. The number of aryl methyl sites for hydroxylation is 2. The zero-order valence-electron chi connectivity index (χ0n) is 27.2. The maximum absolute atomic E-state index is 12.8. The Balaban J connectivity index is 0.000000358. The van der Waals surface area contributed by atoms with Gasteiger partial charge in [0.05, 0.1) is 22.3 Å². The van der Waals surface area contributed by atoms with Gasteiger partial charge < -0.3 is 39.5 Å². The molecule has 0 saturated carbocycles. The Bertz CT molecular complexity index is 1510. The molecule has 2 aromatic rings. The van der Waals surface area contributed by atoms with Gasteiger partial charge in [-0.05, 0) is 75.7 Å². The molecule has 278 valence electrons. The molecule has 1 heterocycles. The molecule has 1 fully saturated rings.